The van der Waals surface area contributed by atoms with Gasteiger partial charge in [0, 0.05) is 6.04 Å². The van der Waals surface area contributed by atoms with Crippen LogP contribution in [0.15, 0.2) is 18.2 Å². The van der Waals surface area contributed by atoms with Gasteiger partial charge in [-0.3, -0.25) is 0 Å². The molecule has 0 spiro atoms. The van der Waals surface area contributed by atoms with E-state index in [2.05, 4.69) is 5.32 Å². The highest BCUT2D eigenvalue weighted by Gasteiger charge is 2.34. The van der Waals surface area contributed by atoms with Gasteiger partial charge >= 0.3 is 0 Å². The zero-order valence-electron chi connectivity index (χ0n) is 11.4. The number of hydrogen-bond donors (Lipinski definition) is 1. The first-order chi connectivity index (χ1) is 9.44. The van der Waals surface area contributed by atoms with Gasteiger partial charge in [-0.05, 0) is 44.0 Å². The van der Waals surface area contributed by atoms with Crippen LogP contribution in [-0.4, -0.2) is 32.5 Å². The summed E-state index contributed by atoms with van der Waals surface area (Å²) in [6.07, 6.45) is 3.12. The Morgan fingerprint density at radius 2 is 2.05 bits per heavy atom. The third kappa shape index (κ3) is 3.67. The van der Waals surface area contributed by atoms with Gasteiger partial charge in [0.05, 0.1) is 21.0 Å². The molecule has 2 unspecified atom stereocenters. The summed E-state index contributed by atoms with van der Waals surface area (Å²) in [5.41, 5.74) is 1.000. The van der Waals surface area contributed by atoms with Gasteiger partial charge in [-0.15, -0.1) is 0 Å². The molecule has 112 valence electrons. The fourth-order valence-electron chi connectivity index (χ4n) is 2.77. The van der Waals surface area contributed by atoms with Crippen LogP contribution in [0.4, 0.5) is 0 Å². The monoisotopic (exact) mass is 335 g/mol. The number of rotatable bonds is 4. The van der Waals surface area contributed by atoms with Gasteiger partial charge in [-0.25, -0.2) is 8.42 Å². The maximum atomic E-state index is 12.2. The molecular weight excluding hydrogens is 317 g/mol. The van der Waals surface area contributed by atoms with Gasteiger partial charge in [0.25, 0.3) is 0 Å². The minimum Gasteiger partial charge on any atom is -0.315 e. The normalized spacial score (nSPS) is 23.4. The highest BCUT2D eigenvalue weighted by molar-refractivity contribution is 7.92. The molecule has 0 radical (unpaired) electrons. The molecule has 2 atom stereocenters. The van der Waals surface area contributed by atoms with Crippen molar-refractivity contribution >= 4 is 33.0 Å². The van der Waals surface area contributed by atoms with Crippen molar-refractivity contribution in [3.8, 4) is 0 Å². The lowest BCUT2D eigenvalue weighted by atomic mass is 9.99. The molecule has 1 fully saturated rings. The number of nitrogens with one attached hydrogen (secondary N) is 1. The van der Waals surface area contributed by atoms with Crippen molar-refractivity contribution in [3.05, 3.63) is 33.8 Å². The molecule has 20 heavy (non-hydrogen) atoms. The summed E-state index contributed by atoms with van der Waals surface area (Å²) in [6.45, 7) is 0. The van der Waals surface area contributed by atoms with E-state index in [1.807, 2.05) is 19.2 Å². The Morgan fingerprint density at radius 1 is 1.30 bits per heavy atom. The molecule has 2 rings (SSSR count). The zero-order chi connectivity index (χ0) is 14.8. The van der Waals surface area contributed by atoms with Gasteiger partial charge in [-0.2, -0.15) is 0 Å². The van der Waals surface area contributed by atoms with Crippen LogP contribution in [0.2, 0.25) is 10.0 Å². The van der Waals surface area contributed by atoms with Gasteiger partial charge in [0.2, 0.25) is 0 Å². The van der Waals surface area contributed by atoms with Gasteiger partial charge in [-0.1, -0.05) is 35.7 Å². The van der Waals surface area contributed by atoms with Crippen LogP contribution in [0.5, 0.6) is 0 Å². The molecular formula is C14H19Cl2NO2S. The Morgan fingerprint density at radius 3 is 2.65 bits per heavy atom. The standard InChI is InChI=1S/C14H19Cl2NO2S/c1-17-13(14-4-2-3-7-20(14,18)19)9-10-5-6-11(15)12(16)8-10/h5-6,8,13-14,17H,2-4,7,9H2,1H3. The summed E-state index contributed by atoms with van der Waals surface area (Å²) in [6, 6.07) is 5.37. The minimum absolute atomic E-state index is 0.0856. The van der Waals surface area contributed by atoms with E-state index in [1.165, 1.54) is 0 Å². The summed E-state index contributed by atoms with van der Waals surface area (Å²) < 4.78 is 24.4. The van der Waals surface area contributed by atoms with Gasteiger partial charge in [0.1, 0.15) is 0 Å². The van der Waals surface area contributed by atoms with Crippen LogP contribution in [-0.2, 0) is 16.3 Å². The first-order valence-electron chi connectivity index (χ1n) is 6.77. The summed E-state index contributed by atoms with van der Waals surface area (Å²) in [5, 5.41) is 3.87. The summed E-state index contributed by atoms with van der Waals surface area (Å²) in [5.74, 6) is 0.303. The number of benzene rings is 1. The van der Waals surface area contributed by atoms with E-state index in [-0.39, 0.29) is 11.3 Å². The molecule has 0 bridgehead atoms. The zero-order valence-corrected chi connectivity index (χ0v) is 13.7. The van der Waals surface area contributed by atoms with Crippen LogP contribution >= 0.6 is 23.2 Å². The third-order valence-electron chi connectivity index (χ3n) is 3.89. The van der Waals surface area contributed by atoms with Crippen LogP contribution in [0.3, 0.4) is 0 Å². The lowest BCUT2D eigenvalue weighted by molar-refractivity contribution is 0.456. The lowest BCUT2D eigenvalue weighted by Crippen LogP contribution is -2.46. The molecule has 3 nitrogen and oxygen atoms in total. The van der Waals surface area contributed by atoms with E-state index >= 15 is 0 Å². The highest BCUT2D eigenvalue weighted by Crippen LogP contribution is 2.27. The number of hydrogen-bond acceptors (Lipinski definition) is 3. The van der Waals surface area contributed by atoms with Crippen molar-refractivity contribution in [1.29, 1.82) is 0 Å². The van der Waals surface area contributed by atoms with Crippen LogP contribution < -0.4 is 5.32 Å². The van der Waals surface area contributed by atoms with Crippen molar-refractivity contribution in [1.82, 2.24) is 5.32 Å². The molecule has 1 saturated heterocycles. The molecule has 0 saturated carbocycles. The summed E-state index contributed by atoms with van der Waals surface area (Å²) in [7, 11) is -1.18. The van der Waals surface area contributed by atoms with Crippen molar-refractivity contribution in [2.75, 3.05) is 12.8 Å². The molecule has 1 heterocycles. The average Bonchev–Trinajstić information content (AvgIpc) is 2.40. The SMILES string of the molecule is CNC(Cc1ccc(Cl)c(Cl)c1)C1CCCCS1(=O)=O. The first-order valence-corrected chi connectivity index (χ1v) is 9.24. The fourth-order valence-corrected chi connectivity index (χ4v) is 5.26. The second-order valence-corrected chi connectivity index (χ2v) is 8.40. The Labute approximate surface area is 130 Å². The quantitative estimate of drug-likeness (QED) is 0.919. The molecule has 6 heteroatoms. The second-order valence-electron chi connectivity index (χ2n) is 5.25. The molecule has 1 aromatic rings. The number of halogens is 2. The topological polar surface area (TPSA) is 46.2 Å². The molecule has 1 N–H and O–H groups in total. The van der Waals surface area contributed by atoms with Crippen molar-refractivity contribution < 1.29 is 8.42 Å². The minimum atomic E-state index is -2.99. The molecule has 1 aliphatic heterocycles. The smallest absolute Gasteiger partial charge is 0.154 e. The third-order valence-corrected chi connectivity index (χ3v) is 6.97. The highest BCUT2D eigenvalue weighted by atomic mass is 35.5. The van der Waals surface area contributed by atoms with E-state index in [4.69, 9.17) is 23.2 Å². The van der Waals surface area contributed by atoms with Crippen molar-refractivity contribution in [3.63, 3.8) is 0 Å². The number of likely N-dealkylation sites (N-methyl/N-ethyl adjacent to an activating group) is 1. The number of sulfone groups is 1. The lowest BCUT2D eigenvalue weighted by Gasteiger charge is -2.30. The second kappa shape index (κ2) is 6.65. The van der Waals surface area contributed by atoms with E-state index in [0.717, 1.165) is 24.8 Å². The van der Waals surface area contributed by atoms with Gasteiger partial charge in [0.15, 0.2) is 9.84 Å². The largest absolute Gasteiger partial charge is 0.315 e. The summed E-state index contributed by atoms with van der Waals surface area (Å²) >= 11 is 11.9. The molecule has 0 aromatic heterocycles. The molecule has 1 aromatic carbocycles. The Kier molecular flexibility index (Phi) is 5.35. The predicted molar refractivity (Wildman–Crippen MR) is 84.4 cm³/mol. The Bertz CT molecular complexity index is 575. The van der Waals surface area contributed by atoms with Gasteiger partial charge < -0.3 is 5.32 Å². The average molecular weight is 336 g/mol. The molecule has 0 amide bonds. The van der Waals surface area contributed by atoms with Crippen molar-refractivity contribution in [2.24, 2.45) is 0 Å². The van der Waals surface area contributed by atoms with E-state index < -0.39 is 9.84 Å². The van der Waals surface area contributed by atoms with E-state index in [0.29, 0.717) is 22.2 Å². The molecule has 1 aliphatic rings. The fraction of sp³-hybridized carbons (Fsp3) is 0.571. The maximum absolute atomic E-state index is 12.2. The van der Waals surface area contributed by atoms with E-state index in [9.17, 15) is 8.42 Å². The Hall–Kier alpha value is -0.290. The summed E-state index contributed by atoms with van der Waals surface area (Å²) in [4.78, 5) is 0. The molecule has 0 aliphatic carbocycles. The predicted octanol–water partition coefficient (Wildman–Crippen LogP) is 3.09. The van der Waals surface area contributed by atoms with Crippen LogP contribution in [0.25, 0.3) is 0 Å². The maximum Gasteiger partial charge on any atom is 0.154 e. The first kappa shape index (κ1) is 16.1. The van der Waals surface area contributed by atoms with E-state index in [1.54, 1.807) is 6.07 Å². The van der Waals surface area contributed by atoms with Crippen LogP contribution in [0, 0.1) is 0 Å². The van der Waals surface area contributed by atoms with Crippen LogP contribution in [0.1, 0.15) is 24.8 Å². The Balaban J connectivity index is 2.18. The van der Waals surface area contributed by atoms with Crippen molar-refractivity contribution in [2.45, 2.75) is 37.0 Å².